The topological polar surface area (TPSA) is 16.4 Å². The van der Waals surface area contributed by atoms with Gasteiger partial charge in [-0.15, -0.1) is 0 Å². The zero-order valence-electron chi connectivity index (χ0n) is 25.3. The largest absolute Gasteiger partial charge is 0.456 e. The molecule has 2 nitrogen and oxygen atoms in total. The summed E-state index contributed by atoms with van der Waals surface area (Å²) in [5.74, 6) is 0. The normalized spacial score (nSPS) is 13.3. The summed E-state index contributed by atoms with van der Waals surface area (Å²) < 4.78 is 6.25. The minimum Gasteiger partial charge on any atom is -0.456 e. The van der Waals surface area contributed by atoms with E-state index in [1.807, 2.05) is 12.1 Å². The standard InChI is InChI=1S/C43H31NO/c1-43(2)38-21-7-5-17-34(38)36-20-11-22-39(42(36)43)44(31-24-25-41-37(27-31)35-18-6-8-23-40(35)45-41)30-15-9-14-29(26-30)33-19-10-13-28-12-3-4-16-32(28)33/h3-27H,1-2H3. The summed E-state index contributed by atoms with van der Waals surface area (Å²) in [5, 5.41) is 4.75. The number of nitrogens with zero attached hydrogens (tertiary/aromatic N) is 1. The smallest absolute Gasteiger partial charge is 0.135 e. The van der Waals surface area contributed by atoms with Gasteiger partial charge in [-0.25, -0.2) is 0 Å². The van der Waals surface area contributed by atoms with E-state index in [4.69, 9.17) is 4.42 Å². The van der Waals surface area contributed by atoms with Gasteiger partial charge in [0.25, 0.3) is 0 Å². The Hall–Kier alpha value is -5.60. The first kappa shape index (κ1) is 25.9. The molecule has 1 aromatic heterocycles. The molecule has 0 unspecified atom stereocenters. The molecule has 0 amide bonds. The molecular weight excluding hydrogens is 546 g/mol. The lowest BCUT2D eigenvalue weighted by molar-refractivity contribution is 0.660. The van der Waals surface area contributed by atoms with Gasteiger partial charge in [0.05, 0.1) is 5.69 Å². The van der Waals surface area contributed by atoms with Crippen LogP contribution in [0.5, 0.6) is 0 Å². The first-order chi connectivity index (χ1) is 22.1. The summed E-state index contributed by atoms with van der Waals surface area (Å²) in [5.41, 5.74) is 12.8. The number of benzene rings is 7. The molecule has 8 aromatic rings. The van der Waals surface area contributed by atoms with Gasteiger partial charge in [-0.2, -0.15) is 0 Å². The van der Waals surface area contributed by atoms with E-state index in [1.165, 1.54) is 49.8 Å². The molecule has 0 aliphatic heterocycles. The second-order valence-electron chi connectivity index (χ2n) is 12.6. The summed E-state index contributed by atoms with van der Waals surface area (Å²) in [6.07, 6.45) is 0. The van der Waals surface area contributed by atoms with Crippen LogP contribution in [0.1, 0.15) is 25.0 Å². The zero-order valence-corrected chi connectivity index (χ0v) is 25.3. The van der Waals surface area contributed by atoms with Crippen molar-refractivity contribution in [2.24, 2.45) is 0 Å². The van der Waals surface area contributed by atoms with Gasteiger partial charge in [-0.1, -0.05) is 123 Å². The number of rotatable bonds is 4. The van der Waals surface area contributed by atoms with Gasteiger partial charge in [0.1, 0.15) is 11.2 Å². The number of hydrogen-bond donors (Lipinski definition) is 0. The maximum Gasteiger partial charge on any atom is 0.135 e. The van der Waals surface area contributed by atoms with Gasteiger partial charge in [0.15, 0.2) is 0 Å². The Balaban J connectivity index is 1.31. The van der Waals surface area contributed by atoms with Gasteiger partial charge >= 0.3 is 0 Å². The Kier molecular flexibility index (Phi) is 5.58. The van der Waals surface area contributed by atoms with Crippen molar-refractivity contribution in [3.05, 3.63) is 163 Å². The van der Waals surface area contributed by atoms with E-state index in [1.54, 1.807) is 0 Å². The maximum absolute atomic E-state index is 6.25. The molecule has 0 saturated carbocycles. The van der Waals surface area contributed by atoms with E-state index in [2.05, 4.69) is 158 Å². The highest BCUT2D eigenvalue weighted by Crippen LogP contribution is 2.54. The lowest BCUT2D eigenvalue weighted by Gasteiger charge is -2.32. The molecule has 45 heavy (non-hydrogen) atoms. The van der Waals surface area contributed by atoms with E-state index in [0.717, 1.165) is 33.3 Å². The average molecular weight is 578 g/mol. The fourth-order valence-corrected chi connectivity index (χ4v) is 7.58. The Morgan fingerprint density at radius 1 is 0.489 bits per heavy atom. The summed E-state index contributed by atoms with van der Waals surface area (Å²) in [6.45, 7) is 4.72. The predicted octanol–water partition coefficient (Wildman–Crippen LogP) is 12.2. The van der Waals surface area contributed by atoms with Crippen LogP contribution in [0.2, 0.25) is 0 Å². The number of para-hydroxylation sites is 1. The number of fused-ring (bicyclic) bond motifs is 7. The fraction of sp³-hybridized carbons (Fsp3) is 0.0698. The Labute approximate surface area is 262 Å². The van der Waals surface area contributed by atoms with Crippen molar-refractivity contribution in [2.45, 2.75) is 19.3 Å². The highest BCUT2D eigenvalue weighted by atomic mass is 16.3. The second kappa shape index (κ2) is 9.70. The molecule has 9 rings (SSSR count). The Morgan fingerprint density at radius 2 is 1.16 bits per heavy atom. The molecule has 0 saturated heterocycles. The van der Waals surface area contributed by atoms with E-state index < -0.39 is 0 Å². The van der Waals surface area contributed by atoms with Crippen LogP contribution in [-0.4, -0.2) is 0 Å². The molecule has 0 radical (unpaired) electrons. The van der Waals surface area contributed by atoms with E-state index >= 15 is 0 Å². The van der Waals surface area contributed by atoms with Crippen LogP contribution in [0.15, 0.2) is 156 Å². The molecule has 0 N–H and O–H groups in total. The van der Waals surface area contributed by atoms with Crippen LogP contribution in [-0.2, 0) is 5.41 Å². The van der Waals surface area contributed by atoms with Crippen LogP contribution < -0.4 is 4.90 Å². The van der Waals surface area contributed by atoms with Crippen LogP contribution in [0.25, 0.3) is 55.0 Å². The minimum atomic E-state index is -0.166. The predicted molar refractivity (Wildman–Crippen MR) is 189 cm³/mol. The van der Waals surface area contributed by atoms with Crippen molar-refractivity contribution in [1.82, 2.24) is 0 Å². The quantitative estimate of drug-likeness (QED) is 0.207. The van der Waals surface area contributed by atoms with Crippen LogP contribution >= 0.6 is 0 Å². The summed E-state index contributed by atoms with van der Waals surface area (Å²) in [7, 11) is 0. The third-order valence-electron chi connectivity index (χ3n) is 9.62. The van der Waals surface area contributed by atoms with Gasteiger partial charge in [-0.3, -0.25) is 0 Å². The fourth-order valence-electron chi connectivity index (χ4n) is 7.58. The maximum atomic E-state index is 6.25. The van der Waals surface area contributed by atoms with E-state index in [-0.39, 0.29) is 5.41 Å². The third kappa shape index (κ3) is 3.89. The molecular formula is C43H31NO. The number of anilines is 3. The molecule has 0 atom stereocenters. The van der Waals surface area contributed by atoms with Gasteiger partial charge in [0.2, 0.25) is 0 Å². The Morgan fingerprint density at radius 3 is 2.09 bits per heavy atom. The second-order valence-corrected chi connectivity index (χ2v) is 12.6. The molecule has 214 valence electrons. The van der Waals surface area contributed by atoms with Crippen molar-refractivity contribution in [3.8, 4) is 22.3 Å². The highest BCUT2D eigenvalue weighted by molar-refractivity contribution is 6.07. The molecule has 7 aromatic carbocycles. The van der Waals surface area contributed by atoms with Gasteiger partial charge < -0.3 is 9.32 Å². The van der Waals surface area contributed by atoms with Crippen molar-refractivity contribution in [2.75, 3.05) is 4.90 Å². The van der Waals surface area contributed by atoms with Gasteiger partial charge in [0, 0.05) is 27.6 Å². The molecule has 0 bridgehead atoms. The van der Waals surface area contributed by atoms with Crippen molar-refractivity contribution < 1.29 is 4.42 Å². The van der Waals surface area contributed by atoms with E-state index in [9.17, 15) is 0 Å². The Bertz CT molecular complexity index is 2420. The third-order valence-corrected chi connectivity index (χ3v) is 9.62. The molecule has 2 heteroatoms. The highest BCUT2D eigenvalue weighted by Gasteiger charge is 2.38. The summed E-state index contributed by atoms with van der Waals surface area (Å²) in [4.78, 5) is 2.45. The van der Waals surface area contributed by atoms with Gasteiger partial charge in [-0.05, 0) is 86.6 Å². The lowest BCUT2D eigenvalue weighted by atomic mass is 9.81. The number of furan rings is 1. The van der Waals surface area contributed by atoms with Crippen molar-refractivity contribution >= 4 is 49.8 Å². The number of hydrogen-bond acceptors (Lipinski definition) is 2. The summed E-state index contributed by atoms with van der Waals surface area (Å²) in [6, 6.07) is 54.8. The SMILES string of the molecule is CC1(C)c2ccccc2-c2cccc(N(c3cccc(-c4cccc5ccccc45)c3)c3ccc4oc5ccccc5c4c3)c21. The first-order valence-electron chi connectivity index (χ1n) is 15.6. The lowest BCUT2D eigenvalue weighted by Crippen LogP contribution is -2.20. The first-order valence-corrected chi connectivity index (χ1v) is 15.6. The van der Waals surface area contributed by atoms with Crippen LogP contribution in [0.3, 0.4) is 0 Å². The van der Waals surface area contributed by atoms with Crippen molar-refractivity contribution in [1.29, 1.82) is 0 Å². The molecule has 0 spiro atoms. The zero-order chi connectivity index (χ0) is 30.1. The van der Waals surface area contributed by atoms with Crippen LogP contribution in [0, 0.1) is 0 Å². The molecule has 1 aliphatic carbocycles. The monoisotopic (exact) mass is 577 g/mol. The average Bonchev–Trinajstić information content (AvgIpc) is 3.57. The van der Waals surface area contributed by atoms with Crippen molar-refractivity contribution in [3.63, 3.8) is 0 Å². The minimum absolute atomic E-state index is 0.166. The van der Waals surface area contributed by atoms with Crippen LogP contribution in [0.4, 0.5) is 17.1 Å². The molecule has 1 heterocycles. The summed E-state index contributed by atoms with van der Waals surface area (Å²) >= 11 is 0. The molecule has 1 aliphatic rings. The molecule has 0 fully saturated rings. The van der Waals surface area contributed by atoms with E-state index in [0.29, 0.717) is 0 Å².